The summed E-state index contributed by atoms with van der Waals surface area (Å²) in [6, 6.07) is 17.9. The van der Waals surface area contributed by atoms with Crippen molar-refractivity contribution in [3.8, 4) is 0 Å². The Morgan fingerprint density at radius 3 is 2.28 bits per heavy atom. The zero-order valence-corrected chi connectivity index (χ0v) is 15.5. The molecule has 7 nitrogen and oxygen atoms in total. The molecule has 0 saturated heterocycles. The number of esters is 1. The highest BCUT2D eigenvalue weighted by atomic mass is 16.5. The third kappa shape index (κ3) is 5.55. The minimum absolute atomic E-state index is 0.000211. The van der Waals surface area contributed by atoms with E-state index < -0.39 is 23.8 Å². The predicted octanol–water partition coefficient (Wildman–Crippen LogP) is 2.46. The van der Waals surface area contributed by atoms with E-state index in [2.05, 4.69) is 5.32 Å². The van der Waals surface area contributed by atoms with E-state index in [1.165, 1.54) is 12.3 Å². The van der Waals surface area contributed by atoms with Crippen molar-refractivity contribution in [2.45, 2.75) is 19.1 Å². The predicted molar refractivity (Wildman–Crippen MR) is 105 cm³/mol. The van der Waals surface area contributed by atoms with Crippen molar-refractivity contribution in [2.24, 2.45) is 5.73 Å². The van der Waals surface area contributed by atoms with Gasteiger partial charge in [0.1, 0.15) is 12.6 Å². The van der Waals surface area contributed by atoms with Crippen LogP contribution in [0.3, 0.4) is 0 Å². The van der Waals surface area contributed by atoms with Crippen LogP contribution in [0.1, 0.15) is 32.0 Å². The zero-order chi connectivity index (χ0) is 20.6. The fourth-order valence-electron chi connectivity index (χ4n) is 2.70. The highest BCUT2D eigenvalue weighted by molar-refractivity contribution is 5.94. The van der Waals surface area contributed by atoms with E-state index >= 15 is 0 Å². The Morgan fingerprint density at radius 1 is 0.931 bits per heavy atom. The molecule has 0 aliphatic rings. The summed E-state index contributed by atoms with van der Waals surface area (Å²) in [6.45, 7) is -0.000211. The molecule has 0 unspecified atom stereocenters. The van der Waals surface area contributed by atoms with E-state index in [1.807, 2.05) is 30.3 Å². The Kier molecular flexibility index (Phi) is 6.42. The van der Waals surface area contributed by atoms with Gasteiger partial charge in [-0.15, -0.1) is 0 Å². The van der Waals surface area contributed by atoms with Gasteiger partial charge in [-0.1, -0.05) is 42.5 Å². The number of carbonyl (C=O) groups is 3. The normalized spacial score (nSPS) is 11.4. The fraction of sp³-hybridized carbons (Fsp3) is 0.136. The summed E-state index contributed by atoms with van der Waals surface area (Å²) in [5.74, 6) is -1.50. The average Bonchev–Trinajstić information content (AvgIpc) is 3.27. The van der Waals surface area contributed by atoms with Crippen molar-refractivity contribution in [2.75, 3.05) is 0 Å². The van der Waals surface area contributed by atoms with Gasteiger partial charge in [0.25, 0.3) is 5.91 Å². The molecule has 0 aliphatic heterocycles. The molecule has 1 heterocycles. The zero-order valence-electron chi connectivity index (χ0n) is 15.5. The van der Waals surface area contributed by atoms with Crippen molar-refractivity contribution in [1.29, 1.82) is 0 Å². The van der Waals surface area contributed by atoms with Crippen molar-refractivity contribution in [3.63, 3.8) is 0 Å². The van der Waals surface area contributed by atoms with Gasteiger partial charge in [-0.2, -0.15) is 0 Å². The Hall–Kier alpha value is -3.87. The van der Waals surface area contributed by atoms with Crippen LogP contribution >= 0.6 is 0 Å². The number of hydrogen-bond acceptors (Lipinski definition) is 5. The molecule has 1 atom stereocenters. The molecule has 3 rings (SSSR count). The number of rotatable bonds is 8. The van der Waals surface area contributed by atoms with Gasteiger partial charge >= 0.3 is 5.97 Å². The second-order valence-corrected chi connectivity index (χ2v) is 6.36. The molecule has 0 spiro atoms. The van der Waals surface area contributed by atoms with Crippen LogP contribution in [0.2, 0.25) is 0 Å². The van der Waals surface area contributed by atoms with Crippen LogP contribution in [0, 0.1) is 0 Å². The number of carbonyl (C=O) groups excluding carboxylic acids is 3. The van der Waals surface area contributed by atoms with Crippen molar-refractivity contribution in [3.05, 3.63) is 95.4 Å². The lowest BCUT2D eigenvalue weighted by atomic mass is 10.1. The third-order valence-electron chi connectivity index (χ3n) is 4.24. The van der Waals surface area contributed by atoms with Gasteiger partial charge in [0.05, 0.1) is 6.26 Å². The molecule has 0 saturated carbocycles. The lowest BCUT2D eigenvalue weighted by Gasteiger charge is -2.17. The smallest absolute Gasteiger partial charge is 0.329 e. The summed E-state index contributed by atoms with van der Waals surface area (Å²) in [5.41, 5.74) is 7.15. The number of hydrogen-bond donors (Lipinski definition) is 2. The van der Waals surface area contributed by atoms with Gasteiger partial charge in [0.2, 0.25) is 5.91 Å². The first-order chi connectivity index (χ1) is 14.0. The first-order valence-corrected chi connectivity index (χ1v) is 8.96. The van der Waals surface area contributed by atoms with Crippen LogP contribution < -0.4 is 11.1 Å². The Morgan fingerprint density at radius 2 is 1.66 bits per heavy atom. The van der Waals surface area contributed by atoms with E-state index in [0.29, 0.717) is 11.1 Å². The number of amides is 2. The molecule has 0 fully saturated rings. The van der Waals surface area contributed by atoms with Gasteiger partial charge in [0.15, 0.2) is 5.76 Å². The van der Waals surface area contributed by atoms with Gasteiger partial charge in [0, 0.05) is 12.0 Å². The Bertz CT molecular complexity index is 966. The van der Waals surface area contributed by atoms with Crippen LogP contribution in [-0.2, 0) is 22.6 Å². The van der Waals surface area contributed by atoms with Gasteiger partial charge in [-0.25, -0.2) is 4.79 Å². The van der Waals surface area contributed by atoms with Crippen molar-refractivity contribution in [1.82, 2.24) is 5.32 Å². The minimum atomic E-state index is -0.889. The Labute approximate surface area is 167 Å². The lowest BCUT2D eigenvalue weighted by molar-refractivity contribution is -0.147. The molecule has 3 N–H and O–H groups in total. The second kappa shape index (κ2) is 9.36. The summed E-state index contributed by atoms with van der Waals surface area (Å²) >= 11 is 0. The van der Waals surface area contributed by atoms with E-state index in [1.54, 1.807) is 30.3 Å². The summed E-state index contributed by atoms with van der Waals surface area (Å²) in [4.78, 5) is 36.1. The summed E-state index contributed by atoms with van der Waals surface area (Å²) in [6.07, 6.45) is 1.65. The molecule has 0 aliphatic carbocycles. The molecule has 7 heteroatoms. The molecule has 3 aromatic rings. The summed E-state index contributed by atoms with van der Waals surface area (Å²) in [7, 11) is 0. The molecule has 148 valence electrons. The number of furan rings is 1. The highest BCUT2D eigenvalue weighted by Gasteiger charge is 2.24. The standard InChI is InChI=1S/C22H20N2O5/c23-20(25)17-10-8-16(9-11-17)14-29-22(27)18(13-15-5-2-1-3-6-15)24-21(26)19-7-4-12-28-19/h1-12,18H,13-14H2,(H2,23,25)(H,24,26)/t18-/m1/s1. The van der Waals surface area contributed by atoms with Gasteiger partial charge in [-0.05, 0) is 35.4 Å². The topological polar surface area (TPSA) is 112 Å². The molecule has 0 radical (unpaired) electrons. The van der Waals surface area contributed by atoms with Gasteiger partial charge < -0.3 is 20.2 Å². The number of primary amides is 1. The van der Waals surface area contributed by atoms with Crippen LogP contribution in [0.25, 0.3) is 0 Å². The summed E-state index contributed by atoms with van der Waals surface area (Å²) in [5, 5.41) is 2.66. The number of nitrogens with one attached hydrogen (secondary N) is 1. The first-order valence-electron chi connectivity index (χ1n) is 8.96. The van der Waals surface area contributed by atoms with E-state index in [4.69, 9.17) is 14.9 Å². The van der Waals surface area contributed by atoms with E-state index in [-0.39, 0.29) is 18.8 Å². The molecule has 2 amide bonds. The average molecular weight is 392 g/mol. The molecular formula is C22H20N2O5. The monoisotopic (exact) mass is 392 g/mol. The van der Waals surface area contributed by atoms with Crippen LogP contribution in [0.5, 0.6) is 0 Å². The minimum Gasteiger partial charge on any atom is -0.459 e. The molecular weight excluding hydrogens is 372 g/mol. The summed E-state index contributed by atoms with van der Waals surface area (Å²) < 4.78 is 10.5. The maximum atomic E-state index is 12.7. The van der Waals surface area contributed by atoms with E-state index in [9.17, 15) is 14.4 Å². The largest absolute Gasteiger partial charge is 0.459 e. The number of benzene rings is 2. The SMILES string of the molecule is NC(=O)c1ccc(COC(=O)[C@@H](Cc2ccccc2)NC(=O)c2ccco2)cc1. The number of ether oxygens (including phenoxy) is 1. The second-order valence-electron chi connectivity index (χ2n) is 6.36. The molecule has 29 heavy (non-hydrogen) atoms. The van der Waals surface area contributed by atoms with Gasteiger partial charge in [-0.3, -0.25) is 9.59 Å². The highest BCUT2D eigenvalue weighted by Crippen LogP contribution is 2.10. The maximum absolute atomic E-state index is 12.7. The lowest BCUT2D eigenvalue weighted by Crippen LogP contribution is -2.43. The van der Waals surface area contributed by atoms with Crippen molar-refractivity contribution < 1.29 is 23.5 Å². The quantitative estimate of drug-likeness (QED) is 0.572. The fourth-order valence-corrected chi connectivity index (χ4v) is 2.70. The first kappa shape index (κ1) is 19.9. The third-order valence-corrected chi connectivity index (χ3v) is 4.24. The molecule has 1 aromatic heterocycles. The van der Waals surface area contributed by atoms with Crippen LogP contribution in [0.4, 0.5) is 0 Å². The Balaban J connectivity index is 1.67. The molecule has 2 aromatic carbocycles. The van der Waals surface area contributed by atoms with Crippen LogP contribution in [-0.4, -0.2) is 23.8 Å². The number of nitrogens with two attached hydrogens (primary N) is 1. The van der Waals surface area contributed by atoms with E-state index in [0.717, 1.165) is 5.56 Å². The van der Waals surface area contributed by atoms with Crippen molar-refractivity contribution >= 4 is 17.8 Å². The maximum Gasteiger partial charge on any atom is 0.329 e. The molecule has 0 bridgehead atoms. The van der Waals surface area contributed by atoms with Crippen LogP contribution in [0.15, 0.2) is 77.4 Å².